The molecule has 3 saturated heterocycles. The van der Waals surface area contributed by atoms with Crippen LogP contribution in [0.4, 0.5) is 5.69 Å². The molecule has 2 bridgehead atoms. The summed E-state index contributed by atoms with van der Waals surface area (Å²) in [7, 11) is 0. The number of carbonyl (C=O) groups is 1. The van der Waals surface area contributed by atoms with Crippen molar-refractivity contribution in [2.45, 2.75) is 43.9 Å². The first-order valence-corrected chi connectivity index (χ1v) is 12.1. The molecule has 3 aliphatic rings. The van der Waals surface area contributed by atoms with Crippen LogP contribution in [0.3, 0.4) is 0 Å². The van der Waals surface area contributed by atoms with Gasteiger partial charge >= 0.3 is 0 Å². The average Bonchev–Trinajstić information content (AvgIpc) is 3.49. The molecular formula is C22H30IN9O. The van der Waals surface area contributed by atoms with Crippen molar-refractivity contribution in [3.8, 4) is 6.07 Å². The van der Waals surface area contributed by atoms with Crippen molar-refractivity contribution in [2.24, 2.45) is 22.6 Å². The summed E-state index contributed by atoms with van der Waals surface area (Å²) < 4.78 is 2.68. The fourth-order valence-electron chi connectivity index (χ4n) is 5.26. The minimum Gasteiger partial charge on any atom is -0.358 e. The minimum atomic E-state index is -0.306. The van der Waals surface area contributed by atoms with E-state index in [0.29, 0.717) is 18.3 Å². The number of fused-ring (bicyclic) bond motifs is 2. The highest BCUT2D eigenvalue weighted by molar-refractivity contribution is 14.1. The van der Waals surface area contributed by atoms with Gasteiger partial charge < -0.3 is 21.0 Å². The highest BCUT2D eigenvalue weighted by Crippen LogP contribution is 2.36. The van der Waals surface area contributed by atoms with Crippen LogP contribution >= 0.6 is 22.9 Å². The third kappa shape index (κ3) is 4.52. The fourth-order valence-corrected chi connectivity index (χ4v) is 5.50. The Bertz CT molecular complexity index is 975. The van der Waals surface area contributed by atoms with Crippen molar-refractivity contribution in [1.29, 1.82) is 5.26 Å². The molecule has 3 heterocycles. The van der Waals surface area contributed by atoms with Crippen LogP contribution in [0.1, 0.15) is 25.3 Å². The topological polar surface area (TPSA) is 139 Å². The Morgan fingerprint density at radius 3 is 2.70 bits per heavy atom. The van der Waals surface area contributed by atoms with Crippen molar-refractivity contribution >= 4 is 40.3 Å². The molecule has 1 amide bonds. The molecule has 33 heavy (non-hydrogen) atoms. The summed E-state index contributed by atoms with van der Waals surface area (Å²) in [5.74, 6) is 6.59. The normalized spacial score (nSPS) is 28.2. The Hall–Kier alpha value is -2.40. The third-order valence-corrected chi connectivity index (χ3v) is 7.11. The Kier molecular flexibility index (Phi) is 7.08. The number of rotatable bonds is 7. The second kappa shape index (κ2) is 9.84. The number of halogens is 1. The third-order valence-electron chi connectivity index (χ3n) is 6.87. The van der Waals surface area contributed by atoms with Crippen LogP contribution < -0.4 is 25.5 Å². The first-order chi connectivity index (χ1) is 15.9. The van der Waals surface area contributed by atoms with Crippen molar-refractivity contribution < 1.29 is 4.79 Å². The van der Waals surface area contributed by atoms with E-state index < -0.39 is 0 Å². The van der Waals surface area contributed by atoms with Crippen LogP contribution in [0.25, 0.3) is 0 Å². The van der Waals surface area contributed by atoms with Crippen molar-refractivity contribution in [3.63, 3.8) is 0 Å². The van der Waals surface area contributed by atoms with Gasteiger partial charge in [0.2, 0.25) is 5.91 Å². The number of nitriles is 1. The lowest BCUT2D eigenvalue weighted by molar-refractivity contribution is -0.122. The van der Waals surface area contributed by atoms with Gasteiger partial charge in [-0.05, 0) is 43.0 Å². The van der Waals surface area contributed by atoms with Gasteiger partial charge in [0, 0.05) is 36.6 Å². The van der Waals surface area contributed by atoms with Crippen LogP contribution in [0.15, 0.2) is 41.6 Å². The fraction of sp³-hybridized carbons (Fsp3) is 0.500. The van der Waals surface area contributed by atoms with Crippen LogP contribution in [-0.2, 0) is 4.79 Å². The molecule has 176 valence electrons. The molecule has 0 saturated carbocycles. The summed E-state index contributed by atoms with van der Waals surface area (Å²) in [6, 6.07) is 9.45. The lowest BCUT2D eigenvalue weighted by atomic mass is 10.1. The molecule has 0 aliphatic carbocycles. The number of amides is 1. The standard InChI is InChI=1S/C22H30IN9O/c1-13-7-17(9-24)31(10-13)14(2)19(25)12-30-11-18-8-20(30)22(33)32(18)16-5-3-15(4-6-16)21(27-26)28-29-23/h3-6,13,17-20,29H,2,7-8,10-12,25-26H2,1H3,(H,27,28)/t13?,17?,18-,19?,20?/m0/s1. The molecule has 1 aromatic carbocycles. The molecule has 4 unspecified atom stereocenters. The Balaban J connectivity index is 1.39. The predicted molar refractivity (Wildman–Crippen MR) is 136 cm³/mol. The smallest absolute Gasteiger partial charge is 0.244 e. The van der Waals surface area contributed by atoms with Gasteiger partial charge in [0.15, 0.2) is 5.84 Å². The molecule has 10 nitrogen and oxygen atoms in total. The monoisotopic (exact) mass is 563 g/mol. The first-order valence-electron chi connectivity index (χ1n) is 11.1. The predicted octanol–water partition coefficient (Wildman–Crippen LogP) is 0.616. The molecule has 3 aliphatic heterocycles. The number of amidine groups is 1. The quantitative estimate of drug-likeness (QED) is 0.0946. The van der Waals surface area contributed by atoms with E-state index in [1.165, 1.54) is 0 Å². The maximum atomic E-state index is 13.2. The van der Waals surface area contributed by atoms with Gasteiger partial charge in [0.05, 0.1) is 47.1 Å². The zero-order chi connectivity index (χ0) is 23.7. The molecular weight excluding hydrogens is 533 g/mol. The van der Waals surface area contributed by atoms with Gasteiger partial charge in [-0.3, -0.25) is 9.69 Å². The lowest BCUT2D eigenvalue weighted by Crippen LogP contribution is -2.54. The number of benzene rings is 1. The number of nitrogens with one attached hydrogen (secondary N) is 2. The number of carbonyl (C=O) groups excluding carboxylic acids is 1. The molecule has 6 N–H and O–H groups in total. The van der Waals surface area contributed by atoms with E-state index in [-0.39, 0.29) is 30.1 Å². The summed E-state index contributed by atoms with van der Waals surface area (Å²) >= 11 is 1.91. The van der Waals surface area contributed by atoms with Crippen LogP contribution in [0.2, 0.25) is 0 Å². The number of hydrogen-bond donors (Lipinski definition) is 4. The van der Waals surface area contributed by atoms with E-state index >= 15 is 0 Å². The molecule has 0 aromatic heterocycles. The molecule has 0 spiro atoms. The maximum absolute atomic E-state index is 13.2. The highest BCUT2D eigenvalue weighted by Gasteiger charge is 2.50. The zero-order valence-electron chi connectivity index (χ0n) is 18.6. The molecule has 1 aromatic rings. The Labute approximate surface area is 208 Å². The van der Waals surface area contributed by atoms with Crippen molar-refractivity contribution in [1.82, 2.24) is 18.9 Å². The molecule has 0 radical (unpaired) electrons. The van der Waals surface area contributed by atoms with Crippen LogP contribution in [0, 0.1) is 17.2 Å². The second-order valence-electron chi connectivity index (χ2n) is 9.04. The number of nitrogens with zero attached hydrogens (tertiary/aromatic N) is 5. The number of nitrogens with two attached hydrogens (primary N) is 2. The highest BCUT2D eigenvalue weighted by atomic mass is 127. The summed E-state index contributed by atoms with van der Waals surface area (Å²) in [5, 5.41) is 13.5. The average molecular weight is 563 g/mol. The molecule has 5 atom stereocenters. The first kappa shape index (κ1) is 23.7. The SMILES string of the molecule is C=C(C(N)CN1C[C@@H]2CC1C(=O)N2c1ccc(/C(=N/NI)NN)cc1)N1CC(C)CC1C#N. The summed E-state index contributed by atoms with van der Waals surface area (Å²) in [5.41, 5.74) is 11.5. The maximum Gasteiger partial charge on any atom is 0.244 e. The van der Waals surface area contributed by atoms with Crippen LogP contribution in [0.5, 0.6) is 0 Å². The largest absolute Gasteiger partial charge is 0.358 e. The number of hydrazone groups is 1. The summed E-state index contributed by atoms with van der Waals surface area (Å²) in [4.78, 5) is 19.3. The van der Waals surface area contributed by atoms with E-state index in [0.717, 1.165) is 42.9 Å². The number of hydrazine groups is 1. The van der Waals surface area contributed by atoms with E-state index in [1.807, 2.05) is 56.9 Å². The van der Waals surface area contributed by atoms with Gasteiger partial charge in [-0.1, -0.05) is 13.5 Å². The summed E-state index contributed by atoms with van der Waals surface area (Å²) in [6.45, 7) is 8.48. The van der Waals surface area contributed by atoms with Gasteiger partial charge in [0.1, 0.15) is 6.04 Å². The number of piperazine rings is 1. The minimum absolute atomic E-state index is 0.0984. The van der Waals surface area contributed by atoms with Crippen molar-refractivity contribution in [3.05, 3.63) is 42.1 Å². The molecule has 11 heteroatoms. The van der Waals surface area contributed by atoms with Crippen LogP contribution in [-0.4, -0.2) is 65.3 Å². The number of hydrogen-bond acceptors (Lipinski definition) is 8. The van der Waals surface area contributed by atoms with E-state index in [1.54, 1.807) is 0 Å². The lowest BCUT2D eigenvalue weighted by Gasteiger charge is -2.36. The van der Waals surface area contributed by atoms with Gasteiger partial charge in [0.25, 0.3) is 0 Å². The number of likely N-dealkylation sites (tertiary alicyclic amines) is 2. The molecule has 4 rings (SSSR count). The molecule has 3 fully saturated rings. The van der Waals surface area contributed by atoms with E-state index in [9.17, 15) is 10.1 Å². The summed E-state index contributed by atoms with van der Waals surface area (Å²) in [6.07, 6.45) is 1.63. The van der Waals surface area contributed by atoms with Gasteiger partial charge in [-0.25, -0.2) is 9.48 Å². The Morgan fingerprint density at radius 1 is 1.36 bits per heavy atom. The van der Waals surface area contributed by atoms with E-state index in [2.05, 4.69) is 38.6 Å². The zero-order valence-corrected chi connectivity index (χ0v) is 20.8. The van der Waals surface area contributed by atoms with Gasteiger partial charge in [-0.2, -0.15) is 10.4 Å². The number of anilines is 1. The second-order valence-corrected chi connectivity index (χ2v) is 9.52. The van der Waals surface area contributed by atoms with E-state index in [4.69, 9.17) is 11.6 Å². The Morgan fingerprint density at radius 2 is 2.09 bits per heavy atom. The van der Waals surface area contributed by atoms with Crippen molar-refractivity contribution in [2.75, 3.05) is 24.5 Å². The van der Waals surface area contributed by atoms with Gasteiger partial charge in [-0.15, -0.1) is 0 Å².